The Balaban J connectivity index is 1.92. The first kappa shape index (κ1) is 18.0. The molecule has 0 amide bonds. The number of hydrogen-bond acceptors (Lipinski definition) is 4. The normalized spacial score (nSPS) is 20.4. The van der Waals surface area contributed by atoms with Gasteiger partial charge in [-0.15, -0.1) is 0 Å². The number of nitrogens with two attached hydrogens (primary N) is 2. The van der Waals surface area contributed by atoms with Gasteiger partial charge in [-0.25, -0.2) is 0 Å². The summed E-state index contributed by atoms with van der Waals surface area (Å²) in [5, 5.41) is 0. The van der Waals surface area contributed by atoms with Gasteiger partial charge in [0.15, 0.2) is 11.6 Å². The highest BCUT2D eigenvalue weighted by molar-refractivity contribution is 6.13. The summed E-state index contributed by atoms with van der Waals surface area (Å²) in [5.41, 5.74) is 14.1. The Kier molecular flexibility index (Phi) is 4.51. The second kappa shape index (κ2) is 7.00. The van der Waals surface area contributed by atoms with E-state index in [0.717, 1.165) is 5.56 Å². The molecule has 138 valence electrons. The van der Waals surface area contributed by atoms with E-state index in [1.165, 1.54) is 0 Å². The summed E-state index contributed by atoms with van der Waals surface area (Å²) in [6, 6.07) is 22.4. The van der Waals surface area contributed by atoms with Gasteiger partial charge in [0.05, 0.1) is 6.04 Å². The smallest absolute Gasteiger partial charge is 0.193 e. The van der Waals surface area contributed by atoms with E-state index in [1.54, 1.807) is 66.7 Å². The van der Waals surface area contributed by atoms with Crippen LogP contribution in [0.3, 0.4) is 0 Å². The molecule has 0 spiro atoms. The third-order valence-electron chi connectivity index (χ3n) is 5.21. The zero-order valence-electron chi connectivity index (χ0n) is 15.2. The highest BCUT2D eigenvalue weighted by Crippen LogP contribution is 2.37. The quantitative estimate of drug-likeness (QED) is 0.692. The van der Waals surface area contributed by atoms with E-state index in [-0.39, 0.29) is 11.6 Å². The first-order valence-corrected chi connectivity index (χ1v) is 9.09. The Labute approximate surface area is 163 Å². The molecule has 1 aliphatic rings. The Bertz CT molecular complexity index is 1070. The third kappa shape index (κ3) is 2.80. The van der Waals surface area contributed by atoms with Crippen LogP contribution in [0.1, 0.15) is 37.4 Å². The van der Waals surface area contributed by atoms with Crippen LogP contribution >= 0.6 is 0 Å². The molecule has 0 aliphatic heterocycles. The molecular weight excluding hydrogens is 348 g/mol. The molecule has 0 bridgehead atoms. The van der Waals surface area contributed by atoms with Gasteiger partial charge in [0.1, 0.15) is 5.54 Å². The second-order valence-corrected chi connectivity index (χ2v) is 6.91. The van der Waals surface area contributed by atoms with Crippen molar-refractivity contribution in [1.29, 1.82) is 0 Å². The highest BCUT2D eigenvalue weighted by Gasteiger charge is 2.46. The predicted octanol–water partition coefficient (Wildman–Crippen LogP) is 3.31. The summed E-state index contributed by atoms with van der Waals surface area (Å²) in [6.07, 6.45) is 3.55. The zero-order valence-corrected chi connectivity index (χ0v) is 15.2. The maximum absolute atomic E-state index is 13.5. The summed E-state index contributed by atoms with van der Waals surface area (Å²) in [4.78, 5) is 26.7. The summed E-state index contributed by atoms with van der Waals surface area (Å²) in [6.45, 7) is 0. The number of ketones is 2. The van der Waals surface area contributed by atoms with Gasteiger partial charge in [-0.05, 0) is 5.56 Å². The average Bonchev–Trinajstić information content (AvgIpc) is 2.76. The predicted molar refractivity (Wildman–Crippen MR) is 110 cm³/mol. The minimum absolute atomic E-state index is 0.185. The molecular formula is C24H20N2O2. The van der Waals surface area contributed by atoms with Gasteiger partial charge in [-0.1, -0.05) is 91.0 Å². The number of fused-ring (bicyclic) bond motifs is 1. The number of carbonyl (C=O) groups is 2. The van der Waals surface area contributed by atoms with Crippen LogP contribution in [0.2, 0.25) is 0 Å². The maximum Gasteiger partial charge on any atom is 0.193 e. The van der Waals surface area contributed by atoms with Crippen LogP contribution in [-0.4, -0.2) is 17.6 Å². The van der Waals surface area contributed by atoms with Crippen LogP contribution in [0.5, 0.6) is 0 Å². The molecule has 0 radical (unpaired) electrons. The molecule has 0 saturated heterocycles. The van der Waals surface area contributed by atoms with Gasteiger partial charge in [-0.2, -0.15) is 0 Å². The standard InChI is InChI=1S/C24H20N2O2/c25-20-15-14-16-12-7-13-19(22(27)17-8-3-1-4-9-17)21(16)24(20,26)23(28)18-10-5-2-6-11-18/h1-15,20H,25-26H2. The fraction of sp³-hybridized carbons (Fsp3) is 0.0833. The molecule has 0 fully saturated rings. The molecule has 4 nitrogen and oxygen atoms in total. The molecule has 0 heterocycles. The lowest BCUT2D eigenvalue weighted by molar-refractivity contribution is 0.0871. The molecule has 4 N–H and O–H groups in total. The van der Waals surface area contributed by atoms with Crippen molar-refractivity contribution in [1.82, 2.24) is 0 Å². The van der Waals surface area contributed by atoms with Crippen molar-refractivity contribution in [3.63, 3.8) is 0 Å². The van der Waals surface area contributed by atoms with Crippen LogP contribution in [-0.2, 0) is 5.54 Å². The first-order valence-electron chi connectivity index (χ1n) is 9.09. The largest absolute Gasteiger partial charge is 0.322 e. The van der Waals surface area contributed by atoms with E-state index in [9.17, 15) is 9.59 Å². The zero-order chi connectivity index (χ0) is 19.7. The van der Waals surface area contributed by atoms with Gasteiger partial charge < -0.3 is 11.5 Å². The molecule has 3 aromatic rings. The minimum atomic E-state index is -1.54. The van der Waals surface area contributed by atoms with Crippen molar-refractivity contribution in [2.24, 2.45) is 11.5 Å². The van der Waals surface area contributed by atoms with Crippen molar-refractivity contribution in [2.45, 2.75) is 11.6 Å². The minimum Gasteiger partial charge on any atom is -0.322 e. The van der Waals surface area contributed by atoms with Crippen LogP contribution in [0.15, 0.2) is 84.9 Å². The lowest BCUT2D eigenvalue weighted by Gasteiger charge is -2.38. The lowest BCUT2D eigenvalue weighted by Crippen LogP contribution is -2.59. The number of Topliss-reactive ketones (excluding diaryl/α,β-unsaturated/α-hetero) is 1. The van der Waals surface area contributed by atoms with Gasteiger partial charge in [0.25, 0.3) is 0 Å². The van der Waals surface area contributed by atoms with Crippen molar-refractivity contribution >= 4 is 17.6 Å². The fourth-order valence-electron chi connectivity index (χ4n) is 3.72. The summed E-state index contributed by atoms with van der Waals surface area (Å²) in [7, 11) is 0. The van der Waals surface area contributed by atoms with Crippen LogP contribution in [0.25, 0.3) is 6.08 Å². The van der Waals surface area contributed by atoms with E-state index < -0.39 is 11.6 Å². The maximum atomic E-state index is 13.5. The van der Waals surface area contributed by atoms with E-state index >= 15 is 0 Å². The number of hydrogen-bond donors (Lipinski definition) is 2. The van der Waals surface area contributed by atoms with E-state index in [2.05, 4.69) is 0 Å². The van der Waals surface area contributed by atoms with Crippen molar-refractivity contribution in [3.05, 3.63) is 113 Å². The molecule has 1 aliphatic carbocycles. The highest BCUT2D eigenvalue weighted by atomic mass is 16.1. The molecule has 2 unspecified atom stereocenters. The first-order chi connectivity index (χ1) is 13.5. The molecule has 0 aromatic heterocycles. The van der Waals surface area contributed by atoms with Crippen molar-refractivity contribution < 1.29 is 9.59 Å². The SMILES string of the molecule is NC1C=Cc2cccc(C(=O)c3ccccc3)c2C1(N)C(=O)c1ccccc1. The number of carbonyl (C=O) groups excluding carboxylic acids is 2. The van der Waals surface area contributed by atoms with Gasteiger partial charge in [0, 0.05) is 22.3 Å². The van der Waals surface area contributed by atoms with Gasteiger partial charge >= 0.3 is 0 Å². The Morgan fingerprint density at radius 3 is 2.04 bits per heavy atom. The second-order valence-electron chi connectivity index (χ2n) is 6.91. The van der Waals surface area contributed by atoms with E-state index in [1.807, 2.05) is 24.3 Å². The number of rotatable bonds is 4. The van der Waals surface area contributed by atoms with E-state index in [4.69, 9.17) is 11.5 Å². The molecule has 4 rings (SSSR count). The third-order valence-corrected chi connectivity index (χ3v) is 5.21. The van der Waals surface area contributed by atoms with Gasteiger partial charge in [0.2, 0.25) is 0 Å². The summed E-state index contributed by atoms with van der Waals surface area (Å²) < 4.78 is 0. The van der Waals surface area contributed by atoms with Crippen LogP contribution in [0.4, 0.5) is 0 Å². The monoisotopic (exact) mass is 368 g/mol. The molecule has 3 aromatic carbocycles. The summed E-state index contributed by atoms with van der Waals surface area (Å²) in [5.74, 6) is -0.491. The van der Waals surface area contributed by atoms with Crippen molar-refractivity contribution in [2.75, 3.05) is 0 Å². The van der Waals surface area contributed by atoms with Crippen LogP contribution < -0.4 is 11.5 Å². The van der Waals surface area contributed by atoms with E-state index in [0.29, 0.717) is 22.3 Å². The Morgan fingerprint density at radius 2 is 1.39 bits per heavy atom. The Morgan fingerprint density at radius 1 is 0.786 bits per heavy atom. The summed E-state index contributed by atoms with van der Waals surface area (Å²) >= 11 is 0. The lowest BCUT2D eigenvalue weighted by atomic mass is 9.70. The molecule has 4 heteroatoms. The molecule has 2 atom stereocenters. The topological polar surface area (TPSA) is 86.2 Å². The molecule has 0 saturated carbocycles. The number of benzene rings is 3. The molecule has 28 heavy (non-hydrogen) atoms. The Hall–Kier alpha value is -3.34. The van der Waals surface area contributed by atoms with Crippen molar-refractivity contribution in [3.8, 4) is 0 Å². The fourth-order valence-corrected chi connectivity index (χ4v) is 3.72. The van der Waals surface area contributed by atoms with Crippen LogP contribution in [0, 0.1) is 0 Å². The van der Waals surface area contributed by atoms with Gasteiger partial charge in [-0.3, -0.25) is 9.59 Å². The average molecular weight is 368 g/mol.